The molecule has 1 aromatic heterocycles. The maximum absolute atomic E-state index is 12.5. The number of anilines is 1. The summed E-state index contributed by atoms with van der Waals surface area (Å²) < 4.78 is 2.02. The van der Waals surface area contributed by atoms with Crippen molar-refractivity contribution in [3.8, 4) is 0 Å². The standard InChI is InChI=1S/C17H15Cl2N3O/c1-3-14-21-16-12(8-5-9-13(16)22(14)2)20-17(23)15-10(18)6-4-7-11(15)19/h4-9H,3H2,1-2H3,(H,20,23). The van der Waals surface area contributed by atoms with Gasteiger partial charge in [0, 0.05) is 13.5 Å². The minimum atomic E-state index is -0.350. The topological polar surface area (TPSA) is 46.9 Å². The average molecular weight is 348 g/mol. The molecular weight excluding hydrogens is 333 g/mol. The number of hydrogen-bond donors (Lipinski definition) is 1. The first-order valence-corrected chi connectivity index (χ1v) is 7.98. The van der Waals surface area contributed by atoms with E-state index in [4.69, 9.17) is 23.2 Å². The molecule has 1 amide bonds. The number of halogens is 2. The molecule has 6 heteroatoms. The molecule has 0 saturated heterocycles. The Morgan fingerprint density at radius 3 is 2.48 bits per heavy atom. The van der Waals surface area contributed by atoms with Crippen LogP contribution in [0.1, 0.15) is 23.1 Å². The summed E-state index contributed by atoms with van der Waals surface area (Å²) in [6.45, 7) is 2.04. The molecule has 4 nitrogen and oxygen atoms in total. The maximum atomic E-state index is 12.5. The second-order valence-corrected chi connectivity index (χ2v) is 5.98. The molecule has 0 bridgehead atoms. The van der Waals surface area contributed by atoms with E-state index in [1.807, 2.05) is 36.7 Å². The minimum Gasteiger partial charge on any atom is -0.331 e. The molecule has 0 aliphatic rings. The highest BCUT2D eigenvalue weighted by molar-refractivity contribution is 6.40. The smallest absolute Gasteiger partial charge is 0.258 e. The summed E-state index contributed by atoms with van der Waals surface area (Å²) in [5.74, 6) is 0.606. The molecule has 0 aliphatic carbocycles. The number of nitrogens with zero attached hydrogens (tertiary/aromatic N) is 2. The zero-order chi connectivity index (χ0) is 16.6. The summed E-state index contributed by atoms with van der Waals surface area (Å²) in [4.78, 5) is 17.2. The van der Waals surface area contributed by atoms with Gasteiger partial charge in [0.15, 0.2) is 0 Å². The van der Waals surface area contributed by atoms with Crippen LogP contribution in [0.25, 0.3) is 11.0 Å². The summed E-state index contributed by atoms with van der Waals surface area (Å²) in [6.07, 6.45) is 0.814. The normalized spacial score (nSPS) is 11.0. The van der Waals surface area contributed by atoms with E-state index in [1.54, 1.807) is 18.2 Å². The van der Waals surface area contributed by atoms with Gasteiger partial charge in [0.25, 0.3) is 5.91 Å². The lowest BCUT2D eigenvalue weighted by Crippen LogP contribution is -2.13. The minimum absolute atomic E-state index is 0.263. The second-order valence-electron chi connectivity index (χ2n) is 5.16. The molecule has 3 rings (SSSR count). The molecule has 0 radical (unpaired) electrons. The Hall–Kier alpha value is -2.04. The van der Waals surface area contributed by atoms with E-state index < -0.39 is 0 Å². The Morgan fingerprint density at radius 1 is 1.17 bits per heavy atom. The summed E-state index contributed by atoms with van der Waals surface area (Å²) in [5.41, 5.74) is 2.62. The van der Waals surface area contributed by atoms with Crippen molar-refractivity contribution in [1.29, 1.82) is 0 Å². The average Bonchev–Trinajstić information content (AvgIpc) is 2.85. The molecule has 2 aromatic carbocycles. The zero-order valence-electron chi connectivity index (χ0n) is 12.7. The fourth-order valence-corrected chi connectivity index (χ4v) is 3.15. The molecule has 0 aliphatic heterocycles. The summed E-state index contributed by atoms with van der Waals surface area (Å²) in [6, 6.07) is 10.6. The number of aromatic nitrogens is 2. The summed E-state index contributed by atoms with van der Waals surface area (Å²) in [7, 11) is 1.96. The van der Waals surface area contributed by atoms with Crippen molar-refractivity contribution >= 4 is 45.8 Å². The van der Waals surface area contributed by atoms with Crippen molar-refractivity contribution < 1.29 is 4.79 Å². The number of amides is 1. The third-order valence-corrected chi connectivity index (χ3v) is 4.39. The SMILES string of the molecule is CCc1nc2c(NC(=O)c3c(Cl)cccc3Cl)cccc2n1C. The lowest BCUT2D eigenvalue weighted by atomic mass is 10.2. The van der Waals surface area contributed by atoms with Gasteiger partial charge in [-0.1, -0.05) is 42.3 Å². The lowest BCUT2D eigenvalue weighted by Gasteiger charge is -2.09. The van der Waals surface area contributed by atoms with Gasteiger partial charge >= 0.3 is 0 Å². The lowest BCUT2D eigenvalue weighted by molar-refractivity contribution is 0.102. The predicted molar refractivity (Wildman–Crippen MR) is 94.5 cm³/mol. The van der Waals surface area contributed by atoms with E-state index in [0.29, 0.717) is 15.7 Å². The largest absolute Gasteiger partial charge is 0.331 e. The Kier molecular flexibility index (Phi) is 4.28. The highest BCUT2D eigenvalue weighted by atomic mass is 35.5. The van der Waals surface area contributed by atoms with Crippen LogP contribution in [0.5, 0.6) is 0 Å². The van der Waals surface area contributed by atoms with Crippen molar-refractivity contribution in [3.63, 3.8) is 0 Å². The van der Waals surface area contributed by atoms with Crippen LogP contribution in [-0.4, -0.2) is 15.5 Å². The van der Waals surface area contributed by atoms with Crippen LogP contribution in [0, 0.1) is 0 Å². The monoisotopic (exact) mass is 347 g/mol. The molecule has 0 unspecified atom stereocenters. The molecule has 1 N–H and O–H groups in total. The van der Waals surface area contributed by atoms with E-state index in [2.05, 4.69) is 10.3 Å². The van der Waals surface area contributed by atoms with Gasteiger partial charge in [0.2, 0.25) is 0 Å². The molecular formula is C17H15Cl2N3O. The quantitative estimate of drug-likeness (QED) is 0.746. The number of carbonyl (C=O) groups is 1. The summed E-state index contributed by atoms with van der Waals surface area (Å²) >= 11 is 12.2. The Balaban J connectivity index is 2.03. The Morgan fingerprint density at radius 2 is 1.83 bits per heavy atom. The van der Waals surface area contributed by atoms with E-state index in [1.165, 1.54) is 0 Å². The maximum Gasteiger partial charge on any atom is 0.258 e. The number of para-hydroxylation sites is 1. The van der Waals surface area contributed by atoms with Gasteiger partial charge in [0.1, 0.15) is 11.3 Å². The number of rotatable bonds is 3. The zero-order valence-corrected chi connectivity index (χ0v) is 14.2. The second kappa shape index (κ2) is 6.22. The van der Waals surface area contributed by atoms with Crippen molar-refractivity contribution in [2.75, 3.05) is 5.32 Å². The Labute approximate surface area is 144 Å². The number of imidazole rings is 1. The number of benzene rings is 2. The van der Waals surface area contributed by atoms with Crippen LogP contribution in [0.4, 0.5) is 5.69 Å². The highest BCUT2D eigenvalue weighted by Crippen LogP contribution is 2.28. The van der Waals surface area contributed by atoms with Gasteiger partial charge in [0.05, 0.1) is 26.8 Å². The molecule has 118 valence electrons. The van der Waals surface area contributed by atoms with Crippen LogP contribution >= 0.6 is 23.2 Å². The number of carbonyl (C=O) groups excluding carboxylic acids is 1. The van der Waals surface area contributed by atoms with Gasteiger partial charge in [-0.15, -0.1) is 0 Å². The molecule has 0 atom stereocenters. The molecule has 0 fully saturated rings. The Bertz CT molecular complexity index is 882. The number of fused-ring (bicyclic) bond motifs is 1. The highest BCUT2D eigenvalue weighted by Gasteiger charge is 2.17. The third kappa shape index (κ3) is 2.80. The van der Waals surface area contributed by atoms with Crippen LogP contribution in [0.2, 0.25) is 10.0 Å². The van der Waals surface area contributed by atoms with Crippen molar-refractivity contribution in [2.45, 2.75) is 13.3 Å². The van der Waals surface area contributed by atoms with Crippen molar-refractivity contribution in [2.24, 2.45) is 7.05 Å². The van der Waals surface area contributed by atoms with Gasteiger partial charge in [-0.2, -0.15) is 0 Å². The van der Waals surface area contributed by atoms with Crippen molar-refractivity contribution in [3.05, 3.63) is 57.8 Å². The molecule has 1 heterocycles. The van der Waals surface area contributed by atoms with Crippen LogP contribution in [-0.2, 0) is 13.5 Å². The van der Waals surface area contributed by atoms with E-state index in [9.17, 15) is 4.79 Å². The van der Waals surface area contributed by atoms with Gasteiger partial charge in [-0.05, 0) is 24.3 Å². The van der Waals surface area contributed by atoms with Gasteiger partial charge in [-0.3, -0.25) is 4.79 Å². The molecule has 23 heavy (non-hydrogen) atoms. The molecule has 0 spiro atoms. The van der Waals surface area contributed by atoms with E-state index in [0.717, 1.165) is 23.3 Å². The number of hydrogen-bond acceptors (Lipinski definition) is 2. The number of nitrogens with one attached hydrogen (secondary N) is 1. The van der Waals surface area contributed by atoms with Crippen LogP contribution in [0.15, 0.2) is 36.4 Å². The first-order valence-electron chi connectivity index (χ1n) is 7.22. The fraction of sp³-hybridized carbons (Fsp3) is 0.176. The molecule has 3 aromatic rings. The summed E-state index contributed by atoms with van der Waals surface area (Å²) in [5, 5.41) is 3.50. The first kappa shape index (κ1) is 15.8. The van der Waals surface area contributed by atoms with E-state index in [-0.39, 0.29) is 11.5 Å². The van der Waals surface area contributed by atoms with E-state index >= 15 is 0 Å². The predicted octanol–water partition coefficient (Wildman–Crippen LogP) is 4.69. The fourth-order valence-electron chi connectivity index (χ4n) is 2.58. The third-order valence-electron chi connectivity index (χ3n) is 3.76. The van der Waals surface area contributed by atoms with Crippen molar-refractivity contribution in [1.82, 2.24) is 9.55 Å². The van der Waals surface area contributed by atoms with Crippen LogP contribution in [0.3, 0.4) is 0 Å². The first-order chi connectivity index (χ1) is 11.0. The van der Waals surface area contributed by atoms with Gasteiger partial charge in [-0.25, -0.2) is 4.98 Å². The van der Waals surface area contributed by atoms with Gasteiger partial charge < -0.3 is 9.88 Å². The molecule has 0 saturated carbocycles. The van der Waals surface area contributed by atoms with Crippen LogP contribution < -0.4 is 5.32 Å². The number of aryl methyl sites for hydroxylation is 2.